The molecular formula is C18H24N4O4S. The molecule has 2 fully saturated rings. The van der Waals surface area contributed by atoms with E-state index in [2.05, 4.69) is 15.0 Å². The Kier molecular flexibility index (Phi) is 5.27. The minimum atomic E-state index is -0.805. The average molecular weight is 392 g/mol. The van der Waals surface area contributed by atoms with Gasteiger partial charge in [0.05, 0.1) is 32.0 Å². The van der Waals surface area contributed by atoms with Crippen LogP contribution in [-0.4, -0.2) is 71.0 Å². The number of aromatic nitrogens is 2. The van der Waals surface area contributed by atoms with Gasteiger partial charge in [0.15, 0.2) is 10.8 Å². The summed E-state index contributed by atoms with van der Waals surface area (Å²) in [6.07, 6.45) is 2.57. The van der Waals surface area contributed by atoms with Crippen LogP contribution in [0.1, 0.15) is 33.2 Å². The number of carbonyl (C=O) groups is 1. The number of thiazole rings is 1. The molecule has 2 aromatic heterocycles. The van der Waals surface area contributed by atoms with E-state index in [-0.39, 0.29) is 5.91 Å². The highest BCUT2D eigenvalue weighted by Gasteiger charge is 2.42. The molecule has 1 unspecified atom stereocenters. The van der Waals surface area contributed by atoms with Gasteiger partial charge >= 0.3 is 0 Å². The smallest absolute Gasteiger partial charge is 0.283 e. The molecule has 2 aliphatic rings. The van der Waals surface area contributed by atoms with Gasteiger partial charge in [-0.2, -0.15) is 0 Å². The number of ether oxygens (including phenoxy) is 2. The minimum Gasteiger partial charge on any atom is -0.361 e. The van der Waals surface area contributed by atoms with E-state index in [4.69, 9.17) is 14.0 Å². The summed E-state index contributed by atoms with van der Waals surface area (Å²) in [4.78, 5) is 21.0. The Morgan fingerprint density at radius 2 is 2.11 bits per heavy atom. The molecule has 27 heavy (non-hydrogen) atoms. The van der Waals surface area contributed by atoms with Gasteiger partial charge in [0.1, 0.15) is 5.76 Å². The largest absolute Gasteiger partial charge is 0.361 e. The van der Waals surface area contributed by atoms with E-state index in [9.17, 15) is 4.79 Å². The number of rotatable bonds is 3. The van der Waals surface area contributed by atoms with Gasteiger partial charge in [0.25, 0.3) is 5.91 Å². The van der Waals surface area contributed by atoms with E-state index in [0.29, 0.717) is 37.9 Å². The predicted molar refractivity (Wildman–Crippen MR) is 98.5 cm³/mol. The summed E-state index contributed by atoms with van der Waals surface area (Å²) < 4.78 is 17.5. The van der Waals surface area contributed by atoms with E-state index in [1.165, 1.54) is 11.3 Å². The Morgan fingerprint density at radius 3 is 2.85 bits per heavy atom. The zero-order chi connectivity index (χ0) is 18.9. The van der Waals surface area contributed by atoms with E-state index < -0.39 is 5.79 Å². The average Bonchev–Trinajstić information content (AvgIpc) is 3.26. The van der Waals surface area contributed by atoms with Gasteiger partial charge in [-0.05, 0) is 20.3 Å². The second-order valence-corrected chi connectivity index (χ2v) is 7.93. The van der Waals surface area contributed by atoms with Crippen molar-refractivity contribution in [2.45, 2.75) is 32.6 Å². The fourth-order valence-corrected chi connectivity index (χ4v) is 4.28. The first-order chi connectivity index (χ1) is 13.1. The predicted octanol–water partition coefficient (Wildman–Crippen LogP) is 1.84. The molecule has 8 nitrogen and oxygen atoms in total. The lowest BCUT2D eigenvalue weighted by Gasteiger charge is -2.43. The van der Waals surface area contributed by atoms with Crippen LogP contribution in [0.2, 0.25) is 0 Å². The molecule has 0 saturated carbocycles. The lowest BCUT2D eigenvalue weighted by atomic mass is 10.1. The maximum absolute atomic E-state index is 12.7. The van der Waals surface area contributed by atoms with Crippen LogP contribution in [0, 0.1) is 13.8 Å². The molecule has 0 aliphatic carbocycles. The third kappa shape index (κ3) is 3.91. The van der Waals surface area contributed by atoms with Crippen molar-refractivity contribution in [1.82, 2.24) is 19.9 Å². The van der Waals surface area contributed by atoms with E-state index in [1.807, 2.05) is 19.2 Å². The minimum absolute atomic E-state index is 0.0576. The first kappa shape index (κ1) is 18.5. The standard InChI is InChI=1S/C18H24N4O4S/c1-13-15(14(2)26-20-13)10-21-5-3-7-24-18(11-21)12-22(6-8-25-18)17(23)16-19-4-9-27-16/h4,9H,3,5-8,10-12H2,1-2H3. The molecule has 146 valence electrons. The van der Waals surface area contributed by atoms with Crippen LogP contribution in [0.15, 0.2) is 16.1 Å². The van der Waals surface area contributed by atoms with Crippen molar-refractivity contribution in [1.29, 1.82) is 0 Å². The van der Waals surface area contributed by atoms with Crippen LogP contribution in [-0.2, 0) is 16.0 Å². The first-order valence-corrected chi connectivity index (χ1v) is 10.1. The second kappa shape index (κ2) is 7.67. The van der Waals surface area contributed by atoms with Crippen LogP contribution in [0.5, 0.6) is 0 Å². The fourth-order valence-electron chi connectivity index (χ4n) is 3.68. The third-order valence-corrected chi connectivity index (χ3v) is 5.83. The SMILES string of the molecule is Cc1noc(C)c1CN1CCCOC2(C1)CN(C(=O)c1nccs1)CCO2. The molecule has 0 N–H and O–H groups in total. The van der Waals surface area contributed by atoms with Gasteiger partial charge in [-0.15, -0.1) is 11.3 Å². The van der Waals surface area contributed by atoms with Crippen molar-refractivity contribution >= 4 is 17.2 Å². The van der Waals surface area contributed by atoms with E-state index in [1.54, 1.807) is 11.1 Å². The molecule has 4 heterocycles. The van der Waals surface area contributed by atoms with Crippen molar-refractivity contribution in [3.05, 3.63) is 33.6 Å². The first-order valence-electron chi connectivity index (χ1n) is 9.17. The Hall–Kier alpha value is -1.81. The molecule has 0 aromatic carbocycles. The zero-order valence-electron chi connectivity index (χ0n) is 15.6. The van der Waals surface area contributed by atoms with Crippen LogP contribution >= 0.6 is 11.3 Å². The molecule has 4 rings (SSSR count). The molecule has 2 aliphatic heterocycles. The summed E-state index contributed by atoms with van der Waals surface area (Å²) >= 11 is 1.36. The molecule has 1 spiro atoms. The quantitative estimate of drug-likeness (QED) is 0.788. The number of morpholine rings is 1. The van der Waals surface area contributed by atoms with Gasteiger partial charge in [0.2, 0.25) is 0 Å². The van der Waals surface area contributed by atoms with Crippen molar-refractivity contribution in [2.24, 2.45) is 0 Å². The Bertz CT molecular complexity index is 774. The highest BCUT2D eigenvalue weighted by Crippen LogP contribution is 2.27. The molecule has 9 heteroatoms. The third-order valence-electron chi connectivity index (χ3n) is 5.07. The zero-order valence-corrected chi connectivity index (χ0v) is 16.5. The summed E-state index contributed by atoms with van der Waals surface area (Å²) in [6, 6.07) is 0. The van der Waals surface area contributed by atoms with Gasteiger partial charge in [-0.1, -0.05) is 5.16 Å². The van der Waals surface area contributed by atoms with Crippen molar-refractivity contribution in [3.8, 4) is 0 Å². The summed E-state index contributed by atoms with van der Waals surface area (Å²) in [6.45, 7) is 8.14. The molecule has 0 bridgehead atoms. The highest BCUT2D eigenvalue weighted by atomic mass is 32.1. The maximum Gasteiger partial charge on any atom is 0.283 e. The van der Waals surface area contributed by atoms with Crippen molar-refractivity contribution < 1.29 is 18.8 Å². The normalized spacial score (nSPS) is 24.3. The van der Waals surface area contributed by atoms with Gasteiger partial charge < -0.3 is 18.9 Å². The summed E-state index contributed by atoms with van der Waals surface area (Å²) in [5, 5.41) is 6.37. The monoisotopic (exact) mass is 392 g/mol. The number of amides is 1. The number of hydrogen-bond acceptors (Lipinski definition) is 8. The number of nitrogens with zero attached hydrogens (tertiary/aromatic N) is 4. The topological polar surface area (TPSA) is 80.9 Å². The van der Waals surface area contributed by atoms with E-state index >= 15 is 0 Å². The van der Waals surface area contributed by atoms with Crippen molar-refractivity contribution in [3.63, 3.8) is 0 Å². The van der Waals surface area contributed by atoms with Crippen LogP contribution < -0.4 is 0 Å². The highest BCUT2D eigenvalue weighted by molar-refractivity contribution is 7.11. The molecule has 0 radical (unpaired) electrons. The molecular weight excluding hydrogens is 368 g/mol. The van der Waals surface area contributed by atoms with Gasteiger partial charge in [-0.3, -0.25) is 9.69 Å². The lowest BCUT2D eigenvalue weighted by Crippen LogP contribution is -2.59. The van der Waals surface area contributed by atoms with Crippen molar-refractivity contribution in [2.75, 3.05) is 39.4 Å². The molecule has 1 atom stereocenters. The fraction of sp³-hybridized carbons (Fsp3) is 0.611. The Labute approximate surface area is 162 Å². The van der Waals surface area contributed by atoms with E-state index in [0.717, 1.165) is 36.5 Å². The Morgan fingerprint density at radius 1 is 1.26 bits per heavy atom. The number of hydrogen-bond donors (Lipinski definition) is 0. The van der Waals surface area contributed by atoms with Crippen LogP contribution in [0.4, 0.5) is 0 Å². The number of carbonyl (C=O) groups excluding carboxylic acids is 1. The maximum atomic E-state index is 12.7. The van der Waals surface area contributed by atoms with Crippen LogP contribution in [0.3, 0.4) is 0 Å². The Balaban J connectivity index is 1.49. The summed E-state index contributed by atoms with van der Waals surface area (Å²) in [7, 11) is 0. The lowest BCUT2D eigenvalue weighted by molar-refractivity contribution is -0.261. The second-order valence-electron chi connectivity index (χ2n) is 7.04. The van der Waals surface area contributed by atoms with Gasteiger partial charge in [-0.25, -0.2) is 4.98 Å². The summed E-state index contributed by atoms with van der Waals surface area (Å²) in [5.74, 6) is -0.0182. The molecule has 2 aromatic rings. The number of aryl methyl sites for hydroxylation is 2. The summed E-state index contributed by atoms with van der Waals surface area (Å²) in [5.41, 5.74) is 2.02. The van der Waals surface area contributed by atoms with Crippen LogP contribution in [0.25, 0.3) is 0 Å². The van der Waals surface area contributed by atoms with Gasteiger partial charge in [0, 0.05) is 36.8 Å². The molecule has 2 saturated heterocycles. The molecule has 1 amide bonds.